The molecule has 1 fully saturated rings. The molecule has 1 saturated heterocycles. The number of aromatic nitrogens is 4. The zero-order valence-corrected chi connectivity index (χ0v) is 18.3. The fraction of sp³-hybridized carbons (Fsp3) is 0.450. The first-order chi connectivity index (χ1) is 14.0. The molecule has 7 nitrogen and oxygen atoms in total. The molecule has 0 spiro atoms. The number of carbonyl (C=O) groups excluding carboxylic acids is 1. The van der Waals surface area contributed by atoms with Crippen LogP contribution in [-0.4, -0.2) is 61.4 Å². The van der Waals surface area contributed by atoms with Crippen LogP contribution in [0.15, 0.2) is 29.8 Å². The van der Waals surface area contributed by atoms with E-state index in [2.05, 4.69) is 15.1 Å². The summed E-state index contributed by atoms with van der Waals surface area (Å²) in [6.07, 6.45) is 2.83. The zero-order chi connectivity index (χ0) is 20.4. The van der Waals surface area contributed by atoms with Crippen molar-refractivity contribution in [3.63, 3.8) is 0 Å². The van der Waals surface area contributed by atoms with Crippen molar-refractivity contribution < 1.29 is 4.79 Å². The van der Waals surface area contributed by atoms with Gasteiger partial charge in [-0.2, -0.15) is 10.2 Å². The molecule has 154 valence electrons. The molecule has 0 atom stereocenters. The Bertz CT molecular complexity index is 979. The van der Waals surface area contributed by atoms with Crippen LogP contribution in [0.4, 0.5) is 0 Å². The predicted molar refractivity (Wildman–Crippen MR) is 115 cm³/mol. The fourth-order valence-corrected chi connectivity index (χ4v) is 4.62. The molecular weight excluding hydrogens is 408 g/mol. The Morgan fingerprint density at radius 1 is 1.21 bits per heavy atom. The lowest BCUT2D eigenvalue weighted by Gasteiger charge is -2.22. The quantitative estimate of drug-likeness (QED) is 0.621. The summed E-state index contributed by atoms with van der Waals surface area (Å²) in [6.45, 7) is 6.30. The minimum Gasteiger partial charge on any atom is -0.340 e. The number of thiophene rings is 1. The molecule has 29 heavy (non-hydrogen) atoms. The van der Waals surface area contributed by atoms with Gasteiger partial charge in [-0.1, -0.05) is 17.7 Å². The number of carbonyl (C=O) groups is 1. The number of halogens is 1. The Hall–Kier alpha value is -2.16. The smallest absolute Gasteiger partial charge is 0.244 e. The Labute approximate surface area is 179 Å². The molecule has 0 aromatic carbocycles. The summed E-state index contributed by atoms with van der Waals surface area (Å²) >= 11 is 8.03. The largest absolute Gasteiger partial charge is 0.340 e. The van der Waals surface area contributed by atoms with Crippen molar-refractivity contribution >= 4 is 28.8 Å². The van der Waals surface area contributed by atoms with Crippen LogP contribution >= 0.6 is 22.9 Å². The average Bonchev–Trinajstić information content (AvgIpc) is 3.38. The van der Waals surface area contributed by atoms with Gasteiger partial charge in [0, 0.05) is 51.5 Å². The first-order valence-electron chi connectivity index (χ1n) is 9.76. The van der Waals surface area contributed by atoms with Gasteiger partial charge in [0.25, 0.3) is 0 Å². The van der Waals surface area contributed by atoms with E-state index in [1.165, 1.54) is 0 Å². The summed E-state index contributed by atoms with van der Waals surface area (Å²) in [7, 11) is 1.86. The van der Waals surface area contributed by atoms with Crippen molar-refractivity contribution in [2.24, 2.45) is 7.05 Å². The normalized spacial score (nSPS) is 15.6. The summed E-state index contributed by atoms with van der Waals surface area (Å²) in [5.41, 5.74) is 2.96. The number of aryl methyl sites for hydroxylation is 2. The second-order valence-corrected chi connectivity index (χ2v) is 8.67. The van der Waals surface area contributed by atoms with E-state index in [4.69, 9.17) is 11.6 Å². The minimum absolute atomic E-state index is 0.114. The molecule has 4 heterocycles. The van der Waals surface area contributed by atoms with Gasteiger partial charge < -0.3 is 4.90 Å². The lowest BCUT2D eigenvalue weighted by molar-refractivity contribution is -0.131. The molecule has 9 heteroatoms. The molecule has 0 bridgehead atoms. The van der Waals surface area contributed by atoms with E-state index in [0.717, 1.165) is 61.0 Å². The molecular formula is C20H25ClN6OS. The van der Waals surface area contributed by atoms with Crippen LogP contribution in [0.5, 0.6) is 0 Å². The molecule has 1 aliphatic heterocycles. The maximum absolute atomic E-state index is 12.8. The van der Waals surface area contributed by atoms with Gasteiger partial charge in [0.2, 0.25) is 5.91 Å². The van der Waals surface area contributed by atoms with E-state index in [9.17, 15) is 4.79 Å². The van der Waals surface area contributed by atoms with Crippen molar-refractivity contribution in [3.05, 3.63) is 46.2 Å². The van der Waals surface area contributed by atoms with Gasteiger partial charge >= 0.3 is 0 Å². The third-order valence-electron chi connectivity index (χ3n) is 5.30. The van der Waals surface area contributed by atoms with E-state index in [1.807, 2.05) is 48.6 Å². The highest BCUT2D eigenvalue weighted by Crippen LogP contribution is 2.23. The van der Waals surface area contributed by atoms with E-state index in [-0.39, 0.29) is 12.5 Å². The summed E-state index contributed by atoms with van der Waals surface area (Å²) in [5.74, 6) is 0.114. The molecule has 1 aliphatic rings. The Morgan fingerprint density at radius 3 is 2.79 bits per heavy atom. The van der Waals surface area contributed by atoms with Gasteiger partial charge in [0.1, 0.15) is 17.4 Å². The SMILES string of the molecule is Cc1nn(C)c(Cl)c1CN1CCCN(C(=O)Cn2ccc(-c3cccs3)n2)CC1. The lowest BCUT2D eigenvalue weighted by atomic mass is 10.2. The van der Waals surface area contributed by atoms with Gasteiger partial charge in [-0.15, -0.1) is 11.3 Å². The van der Waals surface area contributed by atoms with E-state index in [0.29, 0.717) is 5.15 Å². The van der Waals surface area contributed by atoms with Crippen molar-refractivity contribution in [1.82, 2.24) is 29.4 Å². The molecule has 3 aromatic rings. The van der Waals surface area contributed by atoms with Gasteiger partial charge in [0.15, 0.2) is 0 Å². The maximum atomic E-state index is 12.8. The van der Waals surface area contributed by atoms with Crippen LogP contribution < -0.4 is 0 Å². The summed E-state index contributed by atoms with van der Waals surface area (Å²) in [6, 6.07) is 6.01. The number of rotatable bonds is 5. The number of hydrogen-bond acceptors (Lipinski definition) is 5. The van der Waals surface area contributed by atoms with Gasteiger partial charge in [0.05, 0.1) is 10.6 Å². The molecule has 0 radical (unpaired) electrons. The highest BCUT2D eigenvalue weighted by Gasteiger charge is 2.22. The van der Waals surface area contributed by atoms with E-state index >= 15 is 0 Å². The minimum atomic E-state index is 0.114. The molecule has 3 aromatic heterocycles. The van der Waals surface area contributed by atoms with Crippen molar-refractivity contribution in [1.29, 1.82) is 0 Å². The Balaban J connectivity index is 1.34. The highest BCUT2D eigenvalue weighted by atomic mass is 35.5. The molecule has 0 unspecified atom stereocenters. The summed E-state index contributed by atoms with van der Waals surface area (Å²) < 4.78 is 3.45. The van der Waals surface area contributed by atoms with Crippen molar-refractivity contribution in [2.75, 3.05) is 26.2 Å². The zero-order valence-electron chi connectivity index (χ0n) is 16.7. The molecule has 0 saturated carbocycles. The van der Waals surface area contributed by atoms with Crippen molar-refractivity contribution in [2.45, 2.75) is 26.4 Å². The maximum Gasteiger partial charge on any atom is 0.244 e. The topological polar surface area (TPSA) is 59.2 Å². The molecule has 1 amide bonds. The monoisotopic (exact) mass is 432 g/mol. The number of amides is 1. The Morgan fingerprint density at radius 2 is 2.07 bits per heavy atom. The first kappa shape index (κ1) is 20.1. The van der Waals surface area contributed by atoms with Crippen LogP contribution in [0.2, 0.25) is 5.15 Å². The van der Waals surface area contributed by atoms with Gasteiger partial charge in [-0.25, -0.2) is 0 Å². The number of nitrogens with zero attached hydrogens (tertiary/aromatic N) is 6. The van der Waals surface area contributed by atoms with E-state index < -0.39 is 0 Å². The first-order valence-corrected chi connectivity index (χ1v) is 11.0. The van der Waals surface area contributed by atoms with Crippen LogP contribution in [0.1, 0.15) is 17.7 Å². The fourth-order valence-electron chi connectivity index (χ4n) is 3.70. The second kappa shape index (κ2) is 8.69. The average molecular weight is 433 g/mol. The third-order valence-corrected chi connectivity index (χ3v) is 6.67. The lowest BCUT2D eigenvalue weighted by Crippen LogP contribution is -2.37. The predicted octanol–water partition coefficient (Wildman–Crippen LogP) is 3.04. The second-order valence-electron chi connectivity index (χ2n) is 7.36. The Kier molecular flexibility index (Phi) is 6.03. The highest BCUT2D eigenvalue weighted by molar-refractivity contribution is 7.13. The molecule has 4 rings (SSSR count). The van der Waals surface area contributed by atoms with Crippen LogP contribution in [-0.2, 0) is 24.9 Å². The third kappa shape index (κ3) is 4.55. The number of hydrogen-bond donors (Lipinski definition) is 0. The standard InChI is InChI=1S/C20H25ClN6OS/c1-15-16(20(21)24(2)22-15)13-25-7-4-8-26(11-10-25)19(28)14-27-9-6-17(23-27)18-5-3-12-29-18/h3,5-6,9,12H,4,7-8,10-11,13-14H2,1-2H3. The van der Waals surface area contributed by atoms with Crippen LogP contribution in [0.25, 0.3) is 10.6 Å². The summed E-state index contributed by atoms with van der Waals surface area (Å²) in [5, 5.41) is 11.7. The van der Waals surface area contributed by atoms with Crippen LogP contribution in [0.3, 0.4) is 0 Å². The molecule has 0 N–H and O–H groups in total. The van der Waals surface area contributed by atoms with E-state index in [1.54, 1.807) is 20.7 Å². The molecule has 0 aliphatic carbocycles. The van der Waals surface area contributed by atoms with Gasteiger partial charge in [-0.3, -0.25) is 19.1 Å². The van der Waals surface area contributed by atoms with Crippen molar-refractivity contribution in [3.8, 4) is 10.6 Å². The van der Waals surface area contributed by atoms with Gasteiger partial charge in [-0.05, 0) is 30.9 Å². The summed E-state index contributed by atoms with van der Waals surface area (Å²) in [4.78, 5) is 18.2. The van der Waals surface area contributed by atoms with Crippen LogP contribution in [0, 0.1) is 6.92 Å².